The molecule has 0 spiro atoms. The van der Waals surface area contributed by atoms with Crippen LogP contribution in [0.25, 0.3) is 0 Å². The summed E-state index contributed by atoms with van der Waals surface area (Å²) in [6, 6.07) is 3.50. The number of pyridine rings is 1. The number of anilines is 1. The quantitative estimate of drug-likeness (QED) is 0.864. The van der Waals surface area contributed by atoms with Crippen molar-refractivity contribution in [1.29, 1.82) is 5.26 Å². The Morgan fingerprint density at radius 2 is 2.11 bits per heavy atom. The SMILES string of the molecule is N#Cc1ccc(C(F)(F)F)nc1NC1CCCC1N. The number of nitriles is 1. The number of nitrogens with two attached hydrogens (primary N) is 1. The molecule has 1 aliphatic rings. The van der Waals surface area contributed by atoms with Gasteiger partial charge in [0.05, 0.1) is 5.56 Å². The highest BCUT2D eigenvalue weighted by Gasteiger charge is 2.33. The van der Waals surface area contributed by atoms with Gasteiger partial charge in [-0.05, 0) is 31.4 Å². The molecule has 2 rings (SSSR count). The topological polar surface area (TPSA) is 74.7 Å². The summed E-state index contributed by atoms with van der Waals surface area (Å²) >= 11 is 0. The molecule has 1 heterocycles. The van der Waals surface area contributed by atoms with Crippen molar-refractivity contribution < 1.29 is 13.2 Å². The maximum atomic E-state index is 12.6. The Hall–Kier alpha value is -1.81. The minimum absolute atomic E-state index is 0.0420. The van der Waals surface area contributed by atoms with Gasteiger partial charge in [-0.1, -0.05) is 0 Å². The summed E-state index contributed by atoms with van der Waals surface area (Å²) < 4.78 is 37.8. The second kappa shape index (κ2) is 5.05. The van der Waals surface area contributed by atoms with E-state index in [1.807, 2.05) is 6.07 Å². The van der Waals surface area contributed by atoms with E-state index in [-0.39, 0.29) is 23.5 Å². The van der Waals surface area contributed by atoms with Crippen molar-refractivity contribution >= 4 is 5.82 Å². The molecule has 0 saturated heterocycles. The first-order valence-corrected chi connectivity index (χ1v) is 5.92. The van der Waals surface area contributed by atoms with Crippen LogP contribution < -0.4 is 11.1 Å². The smallest absolute Gasteiger partial charge is 0.365 e. The second-order valence-electron chi connectivity index (χ2n) is 4.55. The summed E-state index contributed by atoms with van der Waals surface area (Å²) in [5.74, 6) is -0.0420. The van der Waals surface area contributed by atoms with Crippen LogP contribution in [0.3, 0.4) is 0 Å². The molecule has 4 nitrogen and oxygen atoms in total. The van der Waals surface area contributed by atoms with E-state index in [1.165, 1.54) is 0 Å². The zero-order chi connectivity index (χ0) is 14.0. The monoisotopic (exact) mass is 270 g/mol. The number of nitrogens with zero attached hydrogens (tertiary/aromatic N) is 2. The molecule has 102 valence electrons. The van der Waals surface area contributed by atoms with Crippen LogP contribution in [0.4, 0.5) is 19.0 Å². The van der Waals surface area contributed by atoms with Gasteiger partial charge in [0, 0.05) is 12.1 Å². The number of hydrogen-bond donors (Lipinski definition) is 2. The summed E-state index contributed by atoms with van der Waals surface area (Å²) in [5, 5.41) is 11.8. The Bertz CT molecular complexity index is 507. The number of hydrogen-bond acceptors (Lipinski definition) is 4. The lowest BCUT2D eigenvalue weighted by atomic mass is 10.1. The first kappa shape index (κ1) is 13.6. The predicted molar refractivity (Wildman–Crippen MR) is 63.2 cm³/mol. The van der Waals surface area contributed by atoms with Gasteiger partial charge in [-0.3, -0.25) is 0 Å². The van der Waals surface area contributed by atoms with Crippen molar-refractivity contribution in [2.45, 2.75) is 37.5 Å². The van der Waals surface area contributed by atoms with Crippen molar-refractivity contribution in [3.05, 3.63) is 23.4 Å². The molecule has 0 aliphatic heterocycles. The van der Waals surface area contributed by atoms with Crippen LogP contribution in [-0.2, 0) is 6.18 Å². The molecule has 1 fully saturated rings. The molecule has 1 saturated carbocycles. The van der Waals surface area contributed by atoms with Gasteiger partial charge in [0.15, 0.2) is 0 Å². The Labute approximate surface area is 108 Å². The van der Waals surface area contributed by atoms with E-state index >= 15 is 0 Å². The third-order valence-corrected chi connectivity index (χ3v) is 3.20. The van der Waals surface area contributed by atoms with E-state index in [4.69, 9.17) is 11.0 Å². The van der Waals surface area contributed by atoms with Crippen LogP contribution >= 0.6 is 0 Å². The third kappa shape index (κ3) is 2.96. The third-order valence-electron chi connectivity index (χ3n) is 3.20. The molecule has 1 aromatic heterocycles. The molecule has 2 unspecified atom stereocenters. The van der Waals surface area contributed by atoms with Gasteiger partial charge in [-0.25, -0.2) is 4.98 Å². The molecule has 19 heavy (non-hydrogen) atoms. The summed E-state index contributed by atoms with van der Waals surface area (Å²) in [4.78, 5) is 3.50. The predicted octanol–water partition coefficient (Wildman–Crippen LogP) is 2.26. The largest absolute Gasteiger partial charge is 0.433 e. The molecule has 0 radical (unpaired) electrons. The average Bonchev–Trinajstić information content (AvgIpc) is 2.74. The lowest BCUT2D eigenvalue weighted by Gasteiger charge is -2.19. The lowest BCUT2D eigenvalue weighted by molar-refractivity contribution is -0.141. The van der Waals surface area contributed by atoms with Crippen LogP contribution in [0.1, 0.15) is 30.5 Å². The lowest BCUT2D eigenvalue weighted by Crippen LogP contribution is -2.35. The molecule has 0 amide bonds. The second-order valence-corrected chi connectivity index (χ2v) is 4.55. The Morgan fingerprint density at radius 3 is 2.63 bits per heavy atom. The molecular formula is C12H13F3N4. The highest BCUT2D eigenvalue weighted by atomic mass is 19.4. The van der Waals surface area contributed by atoms with Crippen LogP contribution in [0.2, 0.25) is 0 Å². The molecule has 3 N–H and O–H groups in total. The zero-order valence-electron chi connectivity index (χ0n) is 10.0. The first-order chi connectivity index (χ1) is 8.91. The molecule has 0 aromatic carbocycles. The summed E-state index contributed by atoms with van der Waals surface area (Å²) in [5.41, 5.74) is 4.92. The van der Waals surface area contributed by atoms with Gasteiger partial charge in [0.25, 0.3) is 0 Å². The summed E-state index contributed by atoms with van der Waals surface area (Å²) in [6.07, 6.45) is -2.02. The van der Waals surface area contributed by atoms with E-state index in [0.717, 1.165) is 31.4 Å². The molecule has 2 atom stereocenters. The van der Waals surface area contributed by atoms with Crippen molar-refractivity contribution in [3.63, 3.8) is 0 Å². The summed E-state index contributed by atoms with van der Waals surface area (Å²) in [7, 11) is 0. The van der Waals surface area contributed by atoms with Gasteiger partial charge in [0.2, 0.25) is 0 Å². The number of halogens is 3. The number of aromatic nitrogens is 1. The van der Waals surface area contributed by atoms with E-state index in [0.29, 0.717) is 0 Å². The van der Waals surface area contributed by atoms with Gasteiger partial charge in [-0.2, -0.15) is 18.4 Å². The fraction of sp³-hybridized carbons (Fsp3) is 0.500. The normalized spacial score (nSPS) is 23.1. The van der Waals surface area contributed by atoms with Crippen LogP contribution in [0.15, 0.2) is 12.1 Å². The van der Waals surface area contributed by atoms with E-state index in [2.05, 4.69) is 10.3 Å². The Balaban J connectivity index is 2.29. The number of nitrogens with one attached hydrogen (secondary N) is 1. The van der Waals surface area contributed by atoms with Gasteiger partial charge < -0.3 is 11.1 Å². The standard InChI is InChI=1S/C12H13F3N4/c13-12(14,15)10-5-4-7(6-16)11(19-10)18-9-3-1-2-8(9)17/h4-5,8-9H,1-3,17H2,(H,18,19). The maximum absolute atomic E-state index is 12.6. The maximum Gasteiger partial charge on any atom is 0.433 e. The van der Waals surface area contributed by atoms with Crippen LogP contribution in [-0.4, -0.2) is 17.1 Å². The van der Waals surface area contributed by atoms with Crippen LogP contribution in [0.5, 0.6) is 0 Å². The molecule has 7 heteroatoms. The Kier molecular flexibility index (Phi) is 3.62. The van der Waals surface area contributed by atoms with Crippen molar-refractivity contribution in [1.82, 2.24) is 4.98 Å². The highest BCUT2D eigenvalue weighted by molar-refractivity contribution is 5.53. The fourth-order valence-electron chi connectivity index (χ4n) is 2.16. The minimum Gasteiger partial charge on any atom is -0.365 e. The average molecular weight is 270 g/mol. The van der Waals surface area contributed by atoms with Crippen molar-refractivity contribution in [3.8, 4) is 6.07 Å². The zero-order valence-corrected chi connectivity index (χ0v) is 10.0. The molecule has 0 bridgehead atoms. The van der Waals surface area contributed by atoms with Crippen molar-refractivity contribution in [2.24, 2.45) is 5.73 Å². The minimum atomic E-state index is -4.53. The number of rotatable bonds is 2. The highest BCUT2D eigenvalue weighted by Crippen LogP contribution is 2.30. The van der Waals surface area contributed by atoms with E-state index < -0.39 is 11.9 Å². The first-order valence-electron chi connectivity index (χ1n) is 5.92. The fourth-order valence-corrected chi connectivity index (χ4v) is 2.16. The number of alkyl halides is 3. The van der Waals surface area contributed by atoms with Crippen LogP contribution in [0, 0.1) is 11.3 Å². The molecule has 1 aromatic rings. The molecular weight excluding hydrogens is 257 g/mol. The molecule has 1 aliphatic carbocycles. The van der Waals surface area contributed by atoms with Gasteiger partial charge in [-0.15, -0.1) is 0 Å². The van der Waals surface area contributed by atoms with E-state index in [1.54, 1.807) is 0 Å². The van der Waals surface area contributed by atoms with E-state index in [9.17, 15) is 13.2 Å². The van der Waals surface area contributed by atoms with Crippen molar-refractivity contribution in [2.75, 3.05) is 5.32 Å². The summed E-state index contributed by atoms with van der Waals surface area (Å²) in [6.45, 7) is 0. The van der Waals surface area contributed by atoms with Gasteiger partial charge >= 0.3 is 6.18 Å². The van der Waals surface area contributed by atoms with Gasteiger partial charge in [0.1, 0.15) is 17.6 Å². The Morgan fingerprint density at radius 1 is 1.37 bits per heavy atom.